The molecule has 0 saturated carbocycles. The fourth-order valence-electron chi connectivity index (χ4n) is 3.92. The molecule has 3 aromatic carbocycles. The van der Waals surface area contributed by atoms with Crippen molar-refractivity contribution >= 4 is 51.2 Å². The minimum atomic E-state index is -0.698. The Labute approximate surface area is 195 Å². The average molecular weight is 470 g/mol. The second kappa shape index (κ2) is 8.41. The van der Waals surface area contributed by atoms with Crippen LogP contribution in [0.4, 0.5) is 10.1 Å². The highest BCUT2D eigenvalue weighted by atomic mass is 35.5. The van der Waals surface area contributed by atoms with Gasteiger partial charge in [-0.1, -0.05) is 54.7 Å². The zero-order valence-electron chi connectivity index (χ0n) is 17.3. The number of aromatic hydroxyl groups is 1. The number of nitrogens with two attached hydrogens (primary N) is 1. The summed E-state index contributed by atoms with van der Waals surface area (Å²) in [7, 11) is 1.78. The fraction of sp³-hybridized carbons (Fsp3) is 0.167. The van der Waals surface area contributed by atoms with E-state index in [0.29, 0.717) is 29.2 Å². The lowest BCUT2D eigenvalue weighted by atomic mass is 9.95. The maximum absolute atomic E-state index is 15.6. The number of phenolic OH excluding ortho intramolecular Hbond substituents is 1. The maximum atomic E-state index is 15.6. The number of halogens is 2. The number of fused-ring (bicyclic) bond motifs is 1. The molecule has 1 aliphatic heterocycles. The van der Waals surface area contributed by atoms with Crippen molar-refractivity contribution in [2.24, 2.45) is 0 Å². The number of amides is 1. The number of likely N-dealkylation sites (N-methyl/N-ethyl adjacent to an activating group) is 1. The molecular weight excluding hydrogens is 449 g/mol. The van der Waals surface area contributed by atoms with Gasteiger partial charge in [-0.3, -0.25) is 4.79 Å². The number of hydrogen-bond acceptors (Lipinski definition) is 4. The van der Waals surface area contributed by atoms with Crippen LogP contribution in [0.2, 0.25) is 5.02 Å². The van der Waals surface area contributed by atoms with E-state index in [1.54, 1.807) is 29.0 Å². The van der Waals surface area contributed by atoms with Crippen molar-refractivity contribution in [1.29, 1.82) is 0 Å². The first-order valence-corrected chi connectivity index (χ1v) is 10.7. The molecule has 8 heteroatoms. The topological polar surface area (TPSA) is 69.8 Å². The predicted molar refractivity (Wildman–Crippen MR) is 130 cm³/mol. The van der Waals surface area contributed by atoms with Crippen LogP contribution in [0.25, 0.3) is 21.9 Å². The number of anilines is 1. The second-order valence-corrected chi connectivity index (χ2v) is 8.53. The molecular formula is C24H21ClFN3O2S. The molecule has 1 heterocycles. The zero-order chi connectivity index (χ0) is 23.2. The number of hydrogen-bond donors (Lipinski definition) is 2. The predicted octanol–water partition coefficient (Wildman–Crippen LogP) is 4.59. The lowest BCUT2D eigenvalue weighted by molar-refractivity contribution is -0.131. The van der Waals surface area contributed by atoms with Crippen LogP contribution in [-0.2, 0) is 4.79 Å². The number of rotatable bonds is 4. The summed E-state index contributed by atoms with van der Waals surface area (Å²) in [6.07, 6.45) is 1.27. The summed E-state index contributed by atoms with van der Waals surface area (Å²) in [4.78, 5) is 15.5. The van der Waals surface area contributed by atoms with Gasteiger partial charge < -0.3 is 20.6 Å². The molecule has 0 radical (unpaired) electrons. The van der Waals surface area contributed by atoms with Gasteiger partial charge >= 0.3 is 0 Å². The number of nitrogens with zero attached hydrogens (tertiary/aromatic N) is 2. The maximum Gasteiger partial charge on any atom is 0.246 e. The highest BCUT2D eigenvalue weighted by Gasteiger charge is 2.34. The van der Waals surface area contributed by atoms with E-state index in [2.05, 4.69) is 6.58 Å². The van der Waals surface area contributed by atoms with Gasteiger partial charge in [-0.15, -0.1) is 0 Å². The van der Waals surface area contributed by atoms with Gasteiger partial charge in [0.05, 0.1) is 16.8 Å². The summed E-state index contributed by atoms with van der Waals surface area (Å²) in [6.45, 7) is 4.47. The molecule has 0 aliphatic carbocycles. The smallest absolute Gasteiger partial charge is 0.246 e. The number of phenols is 1. The first-order valence-electron chi connectivity index (χ1n) is 9.91. The van der Waals surface area contributed by atoms with Crippen molar-refractivity contribution in [3.05, 3.63) is 71.5 Å². The Bertz CT molecular complexity index is 1270. The quantitative estimate of drug-likeness (QED) is 0.332. The SMILES string of the molecule is C=CC(=O)N1CC(N(C)C(=S)c2cc(Cl)c(-c3cc(O)cc4ccccc34)c(F)c2N)C1. The van der Waals surface area contributed by atoms with E-state index in [4.69, 9.17) is 29.6 Å². The Morgan fingerprint density at radius 3 is 2.72 bits per heavy atom. The molecule has 0 aromatic heterocycles. The molecule has 1 fully saturated rings. The van der Waals surface area contributed by atoms with Gasteiger partial charge in [0.2, 0.25) is 5.91 Å². The first-order chi connectivity index (χ1) is 15.2. The van der Waals surface area contributed by atoms with E-state index in [-0.39, 0.29) is 34.0 Å². The largest absolute Gasteiger partial charge is 0.508 e. The van der Waals surface area contributed by atoms with Gasteiger partial charge in [0.15, 0.2) is 5.82 Å². The number of nitrogen functional groups attached to an aromatic ring is 1. The van der Waals surface area contributed by atoms with Crippen LogP contribution in [0, 0.1) is 5.82 Å². The summed E-state index contributed by atoms with van der Waals surface area (Å²) in [5.41, 5.74) is 6.92. The first kappa shape index (κ1) is 22.0. The number of benzene rings is 3. The van der Waals surface area contributed by atoms with Gasteiger partial charge in [0, 0.05) is 31.3 Å². The minimum Gasteiger partial charge on any atom is -0.508 e. The van der Waals surface area contributed by atoms with Gasteiger partial charge in [-0.05, 0) is 40.6 Å². The highest BCUT2D eigenvalue weighted by Crippen LogP contribution is 2.41. The van der Waals surface area contributed by atoms with E-state index in [9.17, 15) is 9.90 Å². The van der Waals surface area contributed by atoms with Gasteiger partial charge in [-0.25, -0.2) is 4.39 Å². The Balaban J connectivity index is 1.71. The third kappa shape index (κ3) is 3.67. The molecule has 1 saturated heterocycles. The normalized spacial score (nSPS) is 13.7. The molecule has 0 bridgehead atoms. The van der Waals surface area contributed by atoms with Crippen molar-refractivity contribution < 1.29 is 14.3 Å². The Hall–Kier alpha value is -3.16. The molecule has 164 valence electrons. The van der Waals surface area contributed by atoms with Gasteiger partial charge in [-0.2, -0.15) is 0 Å². The molecule has 32 heavy (non-hydrogen) atoms. The number of carbonyl (C=O) groups excluding carboxylic acids is 1. The molecule has 1 amide bonds. The Morgan fingerprint density at radius 1 is 1.34 bits per heavy atom. The molecule has 5 nitrogen and oxygen atoms in total. The third-order valence-corrected chi connectivity index (χ3v) is 6.62. The molecule has 0 spiro atoms. The summed E-state index contributed by atoms with van der Waals surface area (Å²) in [5, 5.41) is 11.8. The lowest BCUT2D eigenvalue weighted by Gasteiger charge is -2.44. The van der Waals surface area contributed by atoms with Crippen LogP contribution in [0.3, 0.4) is 0 Å². The molecule has 0 atom stereocenters. The highest BCUT2D eigenvalue weighted by molar-refractivity contribution is 7.80. The van der Waals surface area contributed by atoms with Crippen LogP contribution in [0.5, 0.6) is 5.75 Å². The van der Waals surface area contributed by atoms with Gasteiger partial charge in [0.25, 0.3) is 0 Å². The van der Waals surface area contributed by atoms with E-state index in [1.807, 2.05) is 24.3 Å². The Morgan fingerprint density at radius 2 is 2.03 bits per heavy atom. The van der Waals surface area contributed by atoms with Crippen LogP contribution < -0.4 is 5.73 Å². The second-order valence-electron chi connectivity index (χ2n) is 7.74. The molecule has 3 aromatic rings. The van der Waals surface area contributed by atoms with E-state index < -0.39 is 5.82 Å². The van der Waals surface area contributed by atoms with Crippen LogP contribution in [0.15, 0.2) is 55.1 Å². The number of carbonyl (C=O) groups is 1. The van der Waals surface area contributed by atoms with Crippen molar-refractivity contribution in [2.45, 2.75) is 6.04 Å². The zero-order valence-corrected chi connectivity index (χ0v) is 18.9. The third-order valence-electron chi connectivity index (χ3n) is 5.82. The molecule has 4 rings (SSSR count). The lowest BCUT2D eigenvalue weighted by Crippen LogP contribution is -2.60. The molecule has 0 unspecified atom stereocenters. The summed E-state index contributed by atoms with van der Waals surface area (Å²) in [5.74, 6) is -0.844. The van der Waals surface area contributed by atoms with E-state index >= 15 is 4.39 Å². The average Bonchev–Trinajstić information content (AvgIpc) is 2.74. The number of likely N-dealkylation sites (tertiary alicyclic amines) is 1. The standard InChI is InChI=1S/C24H21ClFN3O2S/c1-3-20(31)29-11-14(12-29)28(2)24(32)18-10-19(25)21(22(26)23(18)27)17-9-15(30)8-13-6-4-5-7-16(13)17/h3-10,14,30H,1,11-12,27H2,2H3. The van der Waals surface area contributed by atoms with Crippen LogP contribution in [0.1, 0.15) is 5.56 Å². The summed E-state index contributed by atoms with van der Waals surface area (Å²) < 4.78 is 15.6. The van der Waals surface area contributed by atoms with Gasteiger partial charge in [0.1, 0.15) is 10.7 Å². The van der Waals surface area contributed by atoms with Crippen molar-refractivity contribution in [1.82, 2.24) is 9.80 Å². The van der Waals surface area contributed by atoms with Crippen molar-refractivity contribution in [2.75, 3.05) is 25.9 Å². The van der Waals surface area contributed by atoms with Crippen molar-refractivity contribution in [3.8, 4) is 16.9 Å². The summed E-state index contributed by atoms with van der Waals surface area (Å²) in [6, 6.07) is 11.9. The monoisotopic (exact) mass is 469 g/mol. The van der Waals surface area contributed by atoms with E-state index in [1.165, 1.54) is 12.1 Å². The van der Waals surface area contributed by atoms with Crippen LogP contribution >= 0.6 is 23.8 Å². The van der Waals surface area contributed by atoms with Crippen LogP contribution in [-0.4, -0.2) is 52.0 Å². The Kier molecular flexibility index (Phi) is 5.79. The molecule has 1 aliphatic rings. The number of thiocarbonyl (C=S) groups is 1. The fourth-order valence-corrected chi connectivity index (χ4v) is 4.54. The van der Waals surface area contributed by atoms with Crippen molar-refractivity contribution in [3.63, 3.8) is 0 Å². The summed E-state index contributed by atoms with van der Waals surface area (Å²) >= 11 is 12.1. The minimum absolute atomic E-state index is 0.00400. The van der Waals surface area contributed by atoms with E-state index in [0.717, 1.165) is 10.8 Å². The molecule has 3 N–H and O–H groups in total.